The van der Waals surface area contributed by atoms with Crippen LogP contribution in [-0.2, 0) is 14.8 Å². The second-order valence-electron chi connectivity index (χ2n) is 4.94. The van der Waals surface area contributed by atoms with Gasteiger partial charge in [-0.15, -0.1) is 0 Å². The van der Waals surface area contributed by atoms with Crippen LogP contribution in [0, 0.1) is 0 Å². The van der Waals surface area contributed by atoms with Gasteiger partial charge in [-0.05, 0) is 25.0 Å². The van der Waals surface area contributed by atoms with E-state index in [1.807, 2.05) is 30.3 Å². The summed E-state index contributed by atoms with van der Waals surface area (Å²) in [6.07, 6.45) is 4.71. The molecule has 0 aliphatic carbocycles. The van der Waals surface area contributed by atoms with Crippen molar-refractivity contribution >= 4 is 10.0 Å². The summed E-state index contributed by atoms with van der Waals surface area (Å²) in [5, 5.41) is 4.10. The third-order valence-corrected chi connectivity index (χ3v) is 4.79. The molecule has 0 amide bonds. The van der Waals surface area contributed by atoms with Gasteiger partial charge in [0, 0.05) is 13.2 Å². The summed E-state index contributed by atoms with van der Waals surface area (Å²) < 4.78 is 34.0. The van der Waals surface area contributed by atoms with Crippen LogP contribution in [0.4, 0.5) is 0 Å². The van der Waals surface area contributed by atoms with Gasteiger partial charge in [0.15, 0.2) is 0 Å². The fourth-order valence-electron chi connectivity index (χ4n) is 2.26. The van der Waals surface area contributed by atoms with Crippen LogP contribution in [0.1, 0.15) is 12.8 Å². The standard InChI is InChI=1S/C14H17N3O3S/c18-21(19,16-9-13-7-4-8-20-13)14-10-15-17(11-14)12-5-2-1-3-6-12/h1-3,5-6,10-11,13,16H,4,7-9H2/t13-/m0/s1. The normalized spacial score (nSPS) is 19.0. The fourth-order valence-corrected chi connectivity index (χ4v) is 3.25. The summed E-state index contributed by atoms with van der Waals surface area (Å²) in [6.45, 7) is 1.01. The minimum Gasteiger partial charge on any atom is -0.377 e. The first-order valence-electron chi connectivity index (χ1n) is 6.86. The lowest BCUT2D eigenvalue weighted by Gasteiger charge is -2.10. The molecule has 1 atom stereocenters. The summed E-state index contributed by atoms with van der Waals surface area (Å²) in [5.41, 5.74) is 0.818. The van der Waals surface area contributed by atoms with Gasteiger partial charge in [-0.3, -0.25) is 0 Å². The molecule has 3 rings (SSSR count). The average molecular weight is 307 g/mol. The number of para-hydroxylation sites is 1. The van der Waals surface area contributed by atoms with Gasteiger partial charge in [0.2, 0.25) is 10.0 Å². The van der Waals surface area contributed by atoms with Gasteiger partial charge >= 0.3 is 0 Å². The molecule has 7 heteroatoms. The third-order valence-electron chi connectivity index (χ3n) is 3.41. The summed E-state index contributed by atoms with van der Waals surface area (Å²) in [4.78, 5) is 0.157. The fraction of sp³-hybridized carbons (Fsp3) is 0.357. The maximum atomic E-state index is 12.2. The van der Waals surface area contributed by atoms with Crippen molar-refractivity contribution in [1.82, 2.24) is 14.5 Å². The van der Waals surface area contributed by atoms with Gasteiger partial charge < -0.3 is 4.74 Å². The predicted octanol–water partition coefficient (Wildman–Crippen LogP) is 1.33. The molecular weight excluding hydrogens is 290 g/mol. The Bertz CT molecular complexity index is 691. The molecule has 1 saturated heterocycles. The molecule has 1 fully saturated rings. The first-order chi connectivity index (χ1) is 10.1. The van der Waals surface area contributed by atoms with E-state index in [-0.39, 0.29) is 11.0 Å². The van der Waals surface area contributed by atoms with Crippen LogP contribution in [0.15, 0.2) is 47.6 Å². The van der Waals surface area contributed by atoms with Crippen molar-refractivity contribution in [2.75, 3.05) is 13.2 Å². The number of hydrogen-bond acceptors (Lipinski definition) is 4. The van der Waals surface area contributed by atoms with Crippen LogP contribution in [0.2, 0.25) is 0 Å². The van der Waals surface area contributed by atoms with Crippen molar-refractivity contribution in [2.24, 2.45) is 0 Å². The van der Waals surface area contributed by atoms with Crippen LogP contribution in [0.3, 0.4) is 0 Å². The highest BCUT2D eigenvalue weighted by Gasteiger charge is 2.21. The molecule has 0 saturated carbocycles. The van der Waals surface area contributed by atoms with Gasteiger partial charge in [-0.2, -0.15) is 5.10 Å². The number of ether oxygens (including phenoxy) is 1. The Morgan fingerprint density at radius 1 is 1.33 bits per heavy atom. The van der Waals surface area contributed by atoms with E-state index in [4.69, 9.17) is 4.74 Å². The summed E-state index contributed by atoms with van der Waals surface area (Å²) in [7, 11) is -3.55. The van der Waals surface area contributed by atoms with E-state index in [0.717, 1.165) is 18.5 Å². The van der Waals surface area contributed by atoms with Crippen LogP contribution in [0.5, 0.6) is 0 Å². The summed E-state index contributed by atoms with van der Waals surface area (Å²) >= 11 is 0. The first-order valence-corrected chi connectivity index (χ1v) is 8.35. The first kappa shape index (κ1) is 14.2. The van der Waals surface area contributed by atoms with E-state index in [9.17, 15) is 8.42 Å². The average Bonchev–Trinajstić information content (AvgIpc) is 3.18. The molecule has 0 radical (unpaired) electrons. The van der Waals surface area contributed by atoms with Crippen molar-refractivity contribution in [3.63, 3.8) is 0 Å². The highest BCUT2D eigenvalue weighted by atomic mass is 32.2. The smallest absolute Gasteiger partial charge is 0.243 e. The second-order valence-corrected chi connectivity index (χ2v) is 6.71. The van der Waals surface area contributed by atoms with E-state index in [1.54, 1.807) is 4.68 Å². The van der Waals surface area contributed by atoms with E-state index in [1.165, 1.54) is 12.4 Å². The van der Waals surface area contributed by atoms with Crippen LogP contribution >= 0.6 is 0 Å². The van der Waals surface area contributed by atoms with Crippen molar-refractivity contribution in [2.45, 2.75) is 23.8 Å². The maximum absolute atomic E-state index is 12.2. The minimum absolute atomic E-state index is 0.0241. The number of aromatic nitrogens is 2. The molecule has 0 bridgehead atoms. The number of hydrogen-bond donors (Lipinski definition) is 1. The Morgan fingerprint density at radius 2 is 2.14 bits per heavy atom. The molecule has 0 unspecified atom stereocenters. The predicted molar refractivity (Wildman–Crippen MR) is 77.7 cm³/mol. The van der Waals surface area contributed by atoms with Gasteiger partial charge in [-0.1, -0.05) is 18.2 Å². The molecular formula is C14H17N3O3S. The Labute approximate surface area is 123 Å². The molecule has 2 aromatic rings. The molecule has 1 aromatic heterocycles. The summed E-state index contributed by atoms with van der Waals surface area (Å²) in [6, 6.07) is 9.38. The lowest BCUT2D eigenvalue weighted by atomic mass is 10.2. The Hall–Kier alpha value is -1.70. The Morgan fingerprint density at radius 3 is 2.86 bits per heavy atom. The Balaban J connectivity index is 1.72. The lowest BCUT2D eigenvalue weighted by molar-refractivity contribution is 0.114. The zero-order valence-electron chi connectivity index (χ0n) is 11.5. The van der Waals surface area contributed by atoms with Crippen molar-refractivity contribution in [3.05, 3.63) is 42.7 Å². The van der Waals surface area contributed by atoms with E-state index < -0.39 is 10.0 Å². The zero-order valence-corrected chi connectivity index (χ0v) is 12.3. The third kappa shape index (κ3) is 3.31. The molecule has 1 aliphatic heterocycles. The quantitative estimate of drug-likeness (QED) is 0.904. The molecule has 1 aromatic carbocycles. The second kappa shape index (κ2) is 5.97. The van der Waals surface area contributed by atoms with Crippen molar-refractivity contribution in [3.8, 4) is 5.69 Å². The molecule has 2 heterocycles. The Kier molecular flexibility index (Phi) is 4.05. The van der Waals surface area contributed by atoms with Crippen LogP contribution in [-0.4, -0.2) is 37.5 Å². The number of rotatable bonds is 5. The number of sulfonamides is 1. The van der Waals surface area contributed by atoms with Gasteiger partial charge in [0.05, 0.1) is 24.2 Å². The molecule has 112 valence electrons. The zero-order chi connectivity index (χ0) is 14.7. The minimum atomic E-state index is -3.55. The van der Waals surface area contributed by atoms with Gasteiger partial charge in [0.1, 0.15) is 4.90 Å². The van der Waals surface area contributed by atoms with Crippen molar-refractivity contribution in [1.29, 1.82) is 0 Å². The highest BCUT2D eigenvalue weighted by molar-refractivity contribution is 7.89. The lowest BCUT2D eigenvalue weighted by Crippen LogP contribution is -2.31. The maximum Gasteiger partial charge on any atom is 0.243 e. The molecule has 0 spiro atoms. The van der Waals surface area contributed by atoms with E-state index in [2.05, 4.69) is 9.82 Å². The van der Waals surface area contributed by atoms with E-state index >= 15 is 0 Å². The molecule has 21 heavy (non-hydrogen) atoms. The van der Waals surface area contributed by atoms with Crippen LogP contribution < -0.4 is 4.72 Å². The molecule has 1 aliphatic rings. The van der Waals surface area contributed by atoms with E-state index in [0.29, 0.717) is 13.2 Å². The monoisotopic (exact) mass is 307 g/mol. The molecule has 6 nitrogen and oxygen atoms in total. The number of nitrogens with one attached hydrogen (secondary N) is 1. The van der Waals surface area contributed by atoms with Crippen LogP contribution in [0.25, 0.3) is 5.69 Å². The largest absolute Gasteiger partial charge is 0.377 e. The number of nitrogens with zero attached hydrogens (tertiary/aromatic N) is 2. The summed E-state index contributed by atoms with van der Waals surface area (Å²) in [5.74, 6) is 0. The SMILES string of the molecule is O=S(=O)(NC[C@@H]1CCCO1)c1cnn(-c2ccccc2)c1. The van der Waals surface area contributed by atoms with Crippen molar-refractivity contribution < 1.29 is 13.2 Å². The molecule has 1 N–H and O–H groups in total. The topological polar surface area (TPSA) is 73.2 Å². The number of benzene rings is 1. The highest BCUT2D eigenvalue weighted by Crippen LogP contribution is 2.14. The van der Waals surface area contributed by atoms with Gasteiger partial charge in [0.25, 0.3) is 0 Å². The van der Waals surface area contributed by atoms with Gasteiger partial charge in [-0.25, -0.2) is 17.8 Å².